The first-order chi connectivity index (χ1) is 10.2. The van der Waals surface area contributed by atoms with Gasteiger partial charge in [0.15, 0.2) is 0 Å². The first kappa shape index (κ1) is 17.0. The van der Waals surface area contributed by atoms with Crippen LogP contribution in [0.2, 0.25) is 0 Å². The zero-order valence-corrected chi connectivity index (χ0v) is 14.5. The van der Waals surface area contributed by atoms with Crippen molar-refractivity contribution in [3.63, 3.8) is 0 Å². The van der Waals surface area contributed by atoms with E-state index in [0.717, 1.165) is 35.2 Å². The summed E-state index contributed by atoms with van der Waals surface area (Å²) in [5, 5.41) is 2.99. The van der Waals surface area contributed by atoms with E-state index >= 15 is 0 Å². The Kier molecular flexibility index (Phi) is 4.92. The van der Waals surface area contributed by atoms with Crippen LogP contribution in [-0.2, 0) is 14.8 Å². The zero-order chi connectivity index (χ0) is 16.5. The third-order valence-corrected chi connectivity index (χ3v) is 5.42. The number of anilines is 1. The first-order valence-electron chi connectivity index (χ1n) is 7.52. The number of hydrogen-bond acceptors (Lipinski definition) is 3. The predicted octanol–water partition coefficient (Wildman–Crippen LogP) is 2.22. The quantitative estimate of drug-likeness (QED) is 0.927. The highest BCUT2D eigenvalue weighted by atomic mass is 32.2. The molecule has 1 aliphatic rings. The lowest BCUT2D eigenvalue weighted by molar-refractivity contribution is -0.120. The number of sulfonamides is 1. The lowest BCUT2D eigenvalue weighted by Crippen LogP contribution is -2.43. The molecule has 1 amide bonds. The van der Waals surface area contributed by atoms with Crippen LogP contribution in [0.3, 0.4) is 0 Å². The van der Waals surface area contributed by atoms with Crippen LogP contribution in [0.1, 0.15) is 29.5 Å². The Hall–Kier alpha value is -1.40. The van der Waals surface area contributed by atoms with Gasteiger partial charge in [0.25, 0.3) is 0 Å². The SMILES string of the molecule is Cc1cc(C)c(NC(=O)C2CCCN(S(C)(=O)=O)C2)c(C)c1. The maximum Gasteiger partial charge on any atom is 0.228 e. The van der Waals surface area contributed by atoms with Crippen molar-refractivity contribution in [1.29, 1.82) is 0 Å². The molecule has 122 valence electrons. The zero-order valence-electron chi connectivity index (χ0n) is 13.6. The topological polar surface area (TPSA) is 66.5 Å². The predicted molar refractivity (Wildman–Crippen MR) is 88.4 cm³/mol. The van der Waals surface area contributed by atoms with E-state index < -0.39 is 10.0 Å². The molecular formula is C16H24N2O3S. The van der Waals surface area contributed by atoms with Crippen molar-refractivity contribution in [2.24, 2.45) is 5.92 Å². The van der Waals surface area contributed by atoms with Gasteiger partial charge in [-0.15, -0.1) is 0 Å². The van der Waals surface area contributed by atoms with Gasteiger partial charge >= 0.3 is 0 Å². The van der Waals surface area contributed by atoms with Gasteiger partial charge in [-0.1, -0.05) is 17.7 Å². The largest absolute Gasteiger partial charge is 0.325 e. The molecule has 1 unspecified atom stereocenters. The highest BCUT2D eigenvalue weighted by Gasteiger charge is 2.30. The number of hydrogen-bond donors (Lipinski definition) is 1. The molecule has 1 aliphatic heterocycles. The van der Waals surface area contributed by atoms with Crippen LogP contribution < -0.4 is 5.32 Å². The van der Waals surface area contributed by atoms with Gasteiger partial charge in [-0.05, 0) is 44.7 Å². The van der Waals surface area contributed by atoms with Crippen molar-refractivity contribution in [3.8, 4) is 0 Å². The third kappa shape index (κ3) is 3.87. The number of carbonyl (C=O) groups excluding carboxylic acids is 1. The number of nitrogens with one attached hydrogen (secondary N) is 1. The van der Waals surface area contributed by atoms with Gasteiger partial charge < -0.3 is 5.32 Å². The number of aryl methyl sites for hydroxylation is 3. The molecule has 0 bridgehead atoms. The van der Waals surface area contributed by atoms with Crippen molar-refractivity contribution < 1.29 is 13.2 Å². The second-order valence-corrected chi connectivity index (χ2v) is 8.21. The summed E-state index contributed by atoms with van der Waals surface area (Å²) in [6, 6.07) is 4.07. The third-order valence-electron chi connectivity index (χ3n) is 4.15. The molecular weight excluding hydrogens is 300 g/mol. The van der Waals surface area contributed by atoms with Gasteiger partial charge in [0.2, 0.25) is 15.9 Å². The van der Waals surface area contributed by atoms with Crippen molar-refractivity contribution in [1.82, 2.24) is 4.31 Å². The molecule has 1 fully saturated rings. The normalized spacial score (nSPS) is 19.9. The standard InChI is InChI=1S/C16H24N2O3S/c1-11-8-12(2)15(13(3)9-11)17-16(19)14-6-5-7-18(10-14)22(4,20)21/h8-9,14H,5-7,10H2,1-4H3,(H,17,19). The molecule has 22 heavy (non-hydrogen) atoms. The van der Waals surface area contributed by atoms with E-state index in [4.69, 9.17) is 0 Å². The second kappa shape index (κ2) is 6.38. The van der Waals surface area contributed by atoms with Crippen molar-refractivity contribution in [3.05, 3.63) is 28.8 Å². The van der Waals surface area contributed by atoms with Crippen LogP contribution in [0.5, 0.6) is 0 Å². The van der Waals surface area contributed by atoms with Gasteiger partial charge in [-0.25, -0.2) is 12.7 Å². The minimum absolute atomic E-state index is 0.0941. The van der Waals surface area contributed by atoms with E-state index in [9.17, 15) is 13.2 Å². The van der Waals surface area contributed by atoms with Crippen LogP contribution in [0.4, 0.5) is 5.69 Å². The molecule has 2 rings (SSSR count). The molecule has 1 N–H and O–H groups in total. The summed E-state index contributed by atoms with van der Waals surface area (Å²) >= 11 is 0. The Labute approximate surface area is 132 Å². The summed E-state index contributed by atoms with van der Waals surface area (Å²) in [6.07, 6.45) is 2.64. The number of carbonyl (C=O) groups is 1. The van der Waals surface area contributed by atoms with Gasteiger partial charge in [-0.2, -0.15) is 0 Å². The van der Waals surface area contributed by atoms with E-state index in [-0.39, 0.29) is 18.4 Å². The molecule has 5 nitrogen and oxygen atoms in total. The van der Waals surface area contributed by atoms with Crippen molar-refractivity contribution >= 4 is 21.6 Å². The second-order valence-electron chi connectivity index (χ2n) is 6.22. The van der Waals surface area contributed by atoms with E-state index in [1.54, 1.807) is 0 Å². The smallest absolute Gasteiger partial charge is 0.228 e. The number of benzene rings is 1. The Morgan fingerprint density at radius 1 is 1.23 bits per heavy atom. The maximum atomic E-state index is 12.5. The van der Waals surface area contributed by atoms with Crippen LogP contribution in [-0.4, -0.2) is 38.0 Å². The van der Waals surface area contributed by atoms with E-state index in [1.807, 2.05) is 32.9 Å². The lowest BCUT2D eigenvalue weighted by Gasteiger charge is -2.30. The summed E-state index contributed by atoms with van der Waals surface area (Å²) in [7, 11) is -3.23. The molecule has 1 atom stereocenters. The minimum atomic E-state index is -3.23. The molecule has 1 aromatic rings. The van der Waals surface area contributed by atoms with Crippen LogP contribution in [0.15, 0.2) is 12.1 Å². The van der Waals surface area contributed by atoms with Crippen LogP contribution in [0, 0.1) is 26.7 Å². The highest BCUT2D eigenvalue weighted by molar-refractivity contribution is 7.88. The van der Waals surface area contributed by atoms with E-state index in [0.29, 0.717) is 6.54 Å². The summed E-state index contributed by atoms with van der Waals surface area (Å²) in [5.41, 5.74) is 4.06. The summed E-state index contributed by atoms with van der Waals surface area (Å²) in [5.74, 6) is -0.382. The summed E-state index contributed by atoms with van der Waals surface area (Å²) < 4.78 is 24.7. The molecule has 0 saturated carbocycles. The number of piperidine rings is 1. The Balaban J connectivity index is 2.13. The number of rotatable bonds is 3. The Morgan fingerprint density at radius 2 is 1.82 bits per heavy atom. The van der Waals surface area contributed by atoms with Crippen LogP contribution >= 0.6 is 0 Å². The monoisotopic (exact) mass is 324 g/mol. The number of nitrogens with zero attached hydrogens (tertiary/aromatic N) is 1. The van der Waals surface area contributed by atoms with Crippen molar-refractivity contribution in [2.75, 3.05) is 24.7 Å². The van der Waals surface area contributed by atoms with Crippen LogP contribution in [0.25, 0.3) is 0 Å². The fourth-order valence-electron chi connectivity index (χ4n) is 3.06. The molecule has 6 heteroatoms. The molecule has 1 saturated heterocycles. The average Bonchev–Trinajstić information content (AvgIpc) is 2.41. The fourth-order valence-corrected chi connectivity index (χ4v) is 3.97. The molecule has 1 aromatic carbocycles. The van der Waals surface area contributed by atoms with Gasteiger partial charge in [-0.3, -0.25) is 4.79 Å². The van der Waals surface area contributed by atoms with E-state index in [2.05, 4.69) is 5.32 Å². The summed E-state index contributed by atoms with van der Waals surface area (Å²) in [4.78, 5) is 12.5. The molecule has 0 radical (unpaired) electrons. The molecule has 1 heterocycles. The fraction of sp³-hybridized carbons (Fsp3) is 0.562. The molecule has 0 aliphatic carbocycles. The summed E-state index contributed by atoms with van der Waals surface area (Å²) in [6.45, 7) is 6.75. The minimum Gasteiger partial charge on any atom is -0.325 e. The van der Waals surface area contributed by atoms with Gasteiger partial charge in [0.05, 0.1) is 12.2 Å². The van der Waals surface area contributed by atoms with Crippen molar-refractivity contribution in [2.45, 2.75) is 33.6 Å². The first-order valence-corrected chi connectivity index (χ1v) is 9.37. The Morgan fingerprint density at radius 3 is 2.36 bits per heavy atom. The van der Waals surface area contributed by atoms with E-state index in [1.165, 1.54) is 10.6 Å². The molecule has 0 spiro atoms. The average molecular weight is 324 g/mol. The van der Waals surface area contributed by atoms with Gasteiger partial charge in [0.1, 0.15) is 0 Å². The molecule has 0 aromatic heterocycles. The Bertz CT molecular complexity index is 660. The van der Waals surface area contributed by atoms with Gasteiger partial charge in [0, 0.05) is 18.8 Å². The highest BCUT2D eigenvalue weighted by Crippen LogP contribution is 2.25. The lowest BCUT2D eigenvalue weighted by atomic mass is 9.98. The maximum absolute atomic E-state index is 12.5. The number of amides is 1.